The highest BCUT2D eigenvalue weighted by Gasteiger charge is 2.10. The van der Waals surface area contributed by atoms with Gasteiger partial charge in [-0.1, -0.05) is 34.1 Å². The van der Waals surface area contributed by atoms with Crippen molar-refractivity contribution in [2.75, 3.05) is 0 Å². The highest BCUT2D eigenvalue weighted by atomic mass is 79.9. The van der Waals surface area contributed by atoms with Gasteiger partial charge in [0.25, 0.3) is 5.91 Å². The molecule has 0 bridgehead atoms. The fraction of sp³-hybridized carbons (Fsp3) is 0. The van der Waals surface area contributed by atoms with Gasteiger partial charge in [0, 0.05) is 21.6 Å². The zero-order valence-electron chi connectivity index (χ0n) is 9.51. The molecule has 2 aromatic carbocycles. The number of hydrogen-bond donors (Lipinski definition) is 0. The molecule has 0 N–H and O–H groups in total. The second-order valence-corrected chi connectivity index (χ2v) is 4.98. The molecule has 1 heterocycles. The maximum atomic E-state index is 12.4. The normalized spacial score (nSPS) is 10.7. The lowest BCUT2D eigenvalue weighted by Gasteiger charge is -2.04. The van der Waals surface area contributed by atoms with E-state index >= 15 is 0 Å². The first kappa shape index (κ1) is 11.2. The number of aromatic nitrogens is 1. The van der Waals surface area contributed by atoms with E-state index in [-0.39, 0.29) is 5.91 Å². The first-order valence-corrected chi connectivity index (χ1v) is 6.41. The molecule has 0 aliphatic carbocycles. The van der Waals surface area contributed by atoms with Gasteiger partial charge in [0.1, 0.15) is 0 Å². The van der Waals surface area contributed by atoms with E-state index in [4.69, 9.17) is 0 Å². The van der Waals surface area contributed by atoms with Crippen LogP contribution < -0.4 is 0 Å². The molecule has 0 aliphatic heterocycles. The number of benzene rings is 2. The van der Waals surface area contributed by atoms with E-state index < -0.39 is 0 Å². The van der Waals surface area contributed by atoms with E-state index in [0.717, 1.165) is 15.4 Å². The summed E-state index contributed by atoms with van der Waals surface area (Å²) in [5, 5.41) is 1.05. The zero-order chi connectivity index (χ0) is 12.5. The molecular formula is C15H10BrNO. The van der Waals surface area contributed by atoms with E-state index in [1.165, 1.54) is 0 Å². The molecule has 3 heteroatoms. The number of carbonyl (C=O) groups is 1. The largest absolute Gasteiger partial charge is 0.283 e. The van der Waals surface area contributed by atoms with Crippen LogP contribution in [0.3, 0.4) is 0 Å². The highest BCUT2D eigenvalue weighted by Crippen LogP contribution is 2.21. The molecule has 0 saturated carbocycles. The summed E-state index contributed by atoms with van der Waals surface area (Å²) in [6.45, 7) is 0. The molecule has 0 spiro atoms. The number of fused-ring (bicyclic) bond motifs is 1. The molecule has 3 rings (SSSR count). The Morgan fingerprint density at radius 1 is 1.00 bits per heavy atom. The maximum absolute atomic E-state index is 12.4. The molecule has 0 saturated heterocycles. The van der Waals surface area contributed by atoms with E-state index in [1.54, 1.807) is 4.57 Å². The van der Waals surface area contributed by atoms with Gasteiger partial charge in [-0.05, 0) is 36.4 Å². The molecule has 0 radical (unpaired) electrons. The molecule has 18 heavy (non-hydrogen) atoms. The number of hydrogen-bond acceptors (Lipinski definition) is 1. The van der Waals surface area contributed by atoms with Gasteiger partial charge < -0.3 is 0 Å². The van der Waals surface area contributed by atoms with Crippen molar-refractivity contribution in [2.24, 2.45) is 0 Å². The van der Waals surface area contributed by atoms with Gasteiger partial charge in [-0.15, -0.1) is 0 Å². The number of rotatable bonds is 1. The van der Waals surface area contributed by atoms with Crippen molar-refractivity contribution in [3.05, 3.63) is 70.8 Å². The van der Waals surface area contributed by atoms with E-state index in [2.05, 4.69) is 15.9 Å². The lowest BCUT2D eigenvalue weighted by molar-refractivity contribution is 0.0965. The third kappa shape index (κ3) is 1.87. The smallest absolute Gasteiger partial charge is 0.262 e. The Labute approximate surface area is 113 Å². The Balaban J connectivity index is 2.13. The lowest BCUT2D eigenvalue weighted by atomic mass is 10.2. The Morgan fingerprint density at radius 3 is 2.56 bits per heavy atom. The second kappa shape index (κ2) is 4.42. The third-order valence-corrected chi connectivity index (χ3v) is 3.39. The first-order chi connectivity index (χ1) is 8.75. The molecule has 0 atom stereocenters. The fourth-order valence-electron chi connectivity index (χ4n) is 2.01. The van der Waals surface area contributed by atoms with Gasteiger partial charge in [-0.2, -0.15) is 0 Å². The Morgan fingerprint density at radius 2 is 1.78 bits per heavy atom. The number of nitrogens with zero attached hydrogens (tertiary/aromatic N) is 1. The summed E-state index contributed by atoms with van der Waals surface area (Å²) >= 11 is 3.43. The zero-order valence-corrected chi connectivity index (χ0v) is 11.1. The molecule has 0 fully saturated rings. The van der Waals surface area contributed by atoms with Crippen LogP contribution >= 0.6 is 15.9 Å². The summed E-state index contributed by atoms with van der Waals surface area (Å²) in [6.07, 6.45) is 1.81. The SMILES string of the molecule is O=C(c1ccccc1)n1ccc2cc(Br)ccc21. The van der Waals surface area contributed by atoms with Crippen molar-refractivity contribution in [1.82, 2.24) is 4.57 Å². The predicted molar refractivity (Wildman–Crippen MR) is 75.8 cm³/mol. The van der Waals surface area contributed by atoms with E-state index in [0.29, 0.717) is 5.56 Å². The van der Waals surface area contributed by atoms with Gasteiger partial charge in [-0.3, -0.25) is 9.36 Å². The lowest BCUT2D eigenvalue weighted by Crippen LogP contribution is -2.10. The van der Waals surface area contributed by atoms with Crippen LogP contribution in [-0.4, -0.2) is 10.5 Å². The molecule has 3 aromatic rings. The van der Waals surface area contributed by atoms with Crippen LogP contribution in [0, 0.1) is 0 Å². The summed E-state index contributed by atoms with van der Waals surface area (Å²) in [4.78, 5) is 12.4. The number of carbonyl (C=O) groups excluding carboxylic acids is 1. The minimum atomic E-state index is -0.00655. The van der Waals surface area contributed by atoms with Crippen molar-refractivity contribution in [3.8, 4) is 0 Å². The molecule has 0 unspecified atom stereocenters. The van der Waals surface area contributed by atoms with Gasteiger partial charge in [0.15, 0.2) is 0 Å². The third-order valence-electron chi connectivity index (χ3n) is 2.89. The average Bonchev–Trinajstić information content (AvgIpc) is 2.81. The minimum Gasteiger partial charge on any atom is -0.283 e. The Kier molecular flexibility index (Phi) is 2.76. The van der Waals surface area contributed by atoms with Crippen molar-refractivity contribution in [3.63, 3.8) is 0 Å². The van der Waals surface area contributed by atoms with Gasteiger partial charge in [-0.25, -0.2) is 0 Å². The molecular weight excluding hydrogens is 290 g/mol. The van der Waals surface area contributed by atoms with Gasteiger partial charge in [0.2, 0.25) is 0 Å². The minimum absolute atomic E-state index is 0.00655. The maximum Gasteiger partial charge on any atom is 0.262 e. The van der Waals surface area contributed by atoms with E-state index in [1.807, 2.05) is 60.8 Å². The molecule has 0 aliphatic rings. The van der Waals surface area contributed by atoms with Crippen molar-refractivity contribution < 1.29 is 4.79 Å². The highest BCUT2D eigenvalue weighted by molar-refractivity contribution is 9.10. The molecule has 2 nitrogen and oxygen atoms in total. The summed E-state index contributed by atoms with van der Waals surface area (Å²) < 4.78 is 2.69. The Bertz CT molecular complexity index is 716. The first-order valence-electron chi connectivity index (χ1n) is 5.62. The van der Waals surface area contributed by atoms with Crippen LogP contribution in [0.4, 0.5) is 0 Å². The van der Waals surface area contributed by atoms with Crippen molar-refractivity contribution in [1.29, 1.82) is 0 Å². The quantitative estimate of drug-likeness (QED) is 0.663. The number of halogens is 1. The van der Waals surface area contributed by atoms with Crippen LogP contribution in [0.15, 0.2) is 65.3 Å². The Hall–Kier alpha value is -1.87. The molecule has 0 amide bonds. The van der Waals surface area contributed by atoms with E-state index in [9.17, 15) is 4.79 Å². The van der Waals surface area contributed by atoms with Crippen LogP contribution in [-0.2, 0) is 0 Å². The standard InChI is InChI=1S/C15H10BrNO/c16-13-6-7-14-12(10-13)8-9-17(14)15(18)11-4-2-1-3-5-11/h1-10H. The second-order valence-electron chi connectivity index (χ2n) is 4.06. The van der Waals surface area contributed by atoms with Gasteiger partial charge >= 0.3 is 0 Å². The van der Waals surface area contributed by atoms with Gasteiger partial charge in [0.05, 0.1) is 5.52 Å². The monoisotopic (exact) mass is 299 g/mol. The fourth-order valence-corrected chi connectivity index (χ4v) is 2.39. The van der Waals surface area contributed by atoms with Crippen LogP contribution in [0.1, 0.15) is 10.4 Å². The molecule has 1 aromatic heterocycles. The topological polar surface area (TPSA) is 22.0 Å². The molecule has 88 valence electrons. The summed E-state index contributed by atoms with van der Waals surface area (Å²) in [5.74, 6) is -0.00655. The summed E-state index contributed by atoms with van der Waals surface area (Å²) in [7, 11) is 0. The van der Waals surface area contributed by atoms with Crippen LogP contribution in [0.25, 0.3) is 10.9 Å². The van der Waals surface area contributed by atoms with Crippen LogP contribution in [0.5, 0.6) is 0 Å². The summed E-state index contributed by atoms with van der Waals surface area (Å²) in [6, 6.07) is 17.1. The summed E-state index contributed by atoms with van der Waals surface area (Å²) in [5.41, 5.74) is 1.62. The van der Waals surface area contributed by atoms with Crippen molar-refractivity contribution in [2.45, 2.75) is 0 Å². The predicted octanol–water partition coefficient (Wildman–Crippen LogP) is 4.09. The average molecular weight is 300 g/mol. The van der Waals surface area contributed by atoms with Crippen LogP contribution in [0.2, 0.25) is 0 Å². The van der Waals surface area contributed by atoms with Crippen molar-refractivity contribution >= 4 is 32.7 Å².